The average molecular weight is 356 g/mol. The van der Waals surface area contributed by atoms with Crippen molar-refractivity contribution in [3.8, 4) is 0 Å². The standard InChI is InChI=1S/C16H33N3O.2ClH/c1-4-5-9-14(12-17)18-16(20)15(13(2)3)19-10-7-6-8-11-19;;/h13-15H,4-12,17H2,1-3H3,(H,18,20);2*1H. The lowest BCUT2D eigenvalue weighted by molar-refractivity contribution is -0.129. The summed E-state index contributed by atoms with van der Waals surface area (Å²) in [6.45, 7) is 9.10. The molecule has 4 nitrogen and oxygen atoms in total. The molecule has 1 heterocycles. The summed E-state index contributed by atoms with van der Waals surface area (Å²) in [6.07, 6.45) is 6.98. The van der Waals surface area contributed by atoms with Crippen LogP contribution in [0.4, 0.5) is 0 Å². The molecule has 0 aromatic heterocycles. The van der Waals surface area contributed by atoms with Gasteiger partial charge in [0.15, 0.2) is 0 Å². The van der Waals surface area contributed by atoms with Gasteiger partial charge in [0.1, 0.15) is 0 Å². The zero-order valence-corrected chi connectivity index (χ0v) is 16.0. The first-order valence-corrected chi connectivity index (χ1v) is 8.34. The Bertz CT molecular complexity index is 285. The van der Waals surface area contributed by atoms with Gasteiger partial charge in [-0.3, -0.25) is 9.69 Å². The lowest BCUT2D eigenvalue weighted by atomic mass is 9.98. The van der Waals surface area contributed by atoms with Crippen LogP contribution in [0.2, 0.25) is 0 Å². The molecule has 1 rings (SSSR count). The lowest BCUT2D eigenvalue weighted by Gasteiger charge is -2.36. The van der Waals surface area contributed by atoms with Gasteiger partial charge in [0.2, 0.25) is 5.91 Å². The molecule has 6 heteroatoms. The van der Waals surface area contributed by atoms with Crippen molar-refractivity contribution in [2.24, 2.45) is 11.7 Å². The quantitative estimate of drug-likeness (QED) is 0.703. The van der Waals surface area contributed by atoms with E-state index in [4.69, 9.17) is 5.73 Å². The van der Waals surface area contributed by atoms with Gasteiger partial charge in [-0.1, -0.05) is 40.0 Å². The van der Waals surface area contributed by atoms with Gasteiger partial charge in [-0.15, -0.1) is 24.8 Å². The van der Waals surface area contributed by atoms with Crippen LogP contribution in [0.15, 0.2) is 0 Å². The largest absolute Gasteiger partial charge is 0.351 e. The van der Waals surface area contributed by atoms with Crippen molar-refractivity contribution in [2.75, 3.05) is 19.6 Å². The molecule has 0 radical (unpaired) electrons. The van der Waals surface area contributed by atoms with Gasteiger partial charge in [0.05, 0.1) is 6.04 Å². The highest BCUT2D eigenvalue weighted by Crippen LogP contribution is 2.18. The van der Waals surface area contributed by atoms with Crippen molar-refractivity contribution in [3.63, 3.8) is 0 Å². The minimum Gasteiger partial charge on any atom is -0.351 e. The minimum absolute atomic E-state index is 0. The number of unbranched alkanes of at least 4 members (excludes halogenated alkanes) is 1. The third-order valence-electron chi connectivity index (χ3n) is 4.22. The molecule has 0 spiro atoms. The number of hydrogen-bond acceptors (Lipinski definition) is 3. The normalized spacial score (nSPS) is 18.0. The van der Waals surface area contributed by atoms with Crippen LogP contribution in [-0.2, 0) is 4.79 Å². The van der Waals surface area contributed by atoms with Gasteiger partial charge in [0.25, 0.3) is 0 Å². The predicted molar refractivity (Wildman–Crippen MR) is 99.1 cm³/mol. The van der Waals surface area contributed by atoms with Crippen LogP contribution < -0.4 is 11.1 Å². The van der Waals surface area contributed by atoms with E-state index in [1.165, 1.54) is 19.3 Å². The fourth-order valence-corrected chi connectivity index (χ4v) is 3.07. The Labute approximate surface area is 148 Å². The van der Waals surface area contributed by atoms with Crippen molar-refractivity contribution in [3.05, 3.63) is 0 Å². The van der Waals surface area contributed by atoms with Gasteiger partial charge in [-0.2, -0.15) is 0 Å². The summed E-state index contributed by atoms with van der Waals surface area (Å²) in [7, 11) is 0. The molecule has 0 aromatic rings. The minimum atomic E-state index is 0. The molecule has 1 saturated heterocycles. The molecule has 1 fully saturated rings. The number of amides is 1. The summed E-state index contributed by atoms with van der Waals surface area (Å²) in [5, 5.41) is 3.17. The smallest absolute Gasteiger partial charge is 0.237 e. The summed E-state index contributed by atoms with van der Waals surface area (Å²) < 4.78 is 0. The number of nitrogens with zero attached hydrogens (tertiary/aromatic N) is 1. The molecule has 1 aliphatic rings. The first-order chi connectivity index (χ1) is 9.60. The Balaban J connectivity index is 0. The number of rotatable bonds is 8. The van der Waals surface area contributed by atoms with Crippen molar-refractivity contribution in [2.45, 2.75) is 71.4 Å². The average Bonchev–Trinajstić information content (AvgIpc) is 2.44. The summed E-state index contributed by atoms with van der Waals surface area (Å²) >= 11 is 0. The Morgan fingerprint density at radius 1 is 1.18 bits per heavy atom. The molecule has 2 atom stereocenters. The molecule has 2 unspecified atom stereocenters. The summed E-state index contributed by atoms with van der Waals surface area (Å²) in [5.74, 6) is 0.520. The maximum atomic E-state index is 12.6. The second-order valence-electron chi connectivity index (χ2n) is 6.37. The molecule has 1 aliphatic heterocycles. The summed E-state index contributed by atoms with van der Waals surface area (Å²) in [6, 6.07) is 0.138. The molecule has 0 bridgehead atoms. The topological polar surface area (TPSA) is 58.4 Å². The fourth-order valence-electron chi connectivity index (χ4n) is 3.07. The van der Waals surface area contributed by atoms with E-state index in [2.05, 4.69) is 31.0 Å². The highest BCUT2D eigenvalue weighted by atomic mass is 35.5. The molecule has 22 heavy (non-hydrogen) atoms. The third kappa shape index (κ3) is 8.00. The van der Waals surface area contributed by atoms with E-state index in [0.717, 1.165) is 32.4 Å². The van der Waals surface area contributed by atoms with Crippen LogP contribution in [0.25, 0.3) is 0 Å². The summed E-state index contributed by atoms with van der Waals surface area (Å²) in [4.78, 5) is 15.0. The lowest BCUT2D eigenvalue weighted by Crippen LogP contribution is -2.54. The molecule has 0 aliphatic carbocycles. The Hall–Kier alpha value is -0.0300. The number of nitrogens with two attached hydrogens (primary N) is 1. The van der Waals surface area contributed by atoms with E-state index in [0.29, 0.717) is 12.5 Å². The highest BCUT2D eigenvalue weighted by molar-refractivity contribution is 5.85. The number of hydrogen-bond donors (Lipinski definition) is 2. The van der Waals surface area contributed by atoms with Gasteiger partial charge < -0.3 is 11.1 Å². The van der Waals surface area contributed by atoms with Crippen molar-refractivity contribution >= 4 is 30.7 Å². The van der Waals surface area contributed by atoms with Crippen molar-refractivity contribution in [1.29, 1.82) is 0 Å². The van der Waals surface area contributed by atoms with E-state index < -0.39 is 0 Å². The first-order valence-electron chi connectivity index (χ1n) is 8.34. The summed E-state index contributed by atoms with van der Waals surface area (Å²) in [5.41, 5.74) is 5.79. The maximum absolute atomic E-state index is 12.6. The van der Waals surface area contributed by atoms with Crippen LogP contribution in [-0.4, -0.2) is 42.5 Å². The number of carbonyl (C=O) groups excluding carboxylic acids is 1. The monoisotopic (exact) mass is 355 g/mol. The number of halogens is 2. The van der Waals surface area contributed by atoms with E-state index in [1.807, 2.05) is 0 Å². The van der Waals surface area contributed by atoms with Crippen LogP contribution in [0.3, 0.4) is 0 Å². The molecular weight excluding hydrogens is 321 g/mol. The van der Waals surface area contributed by atoms with Crippen LogP contribution in [0.1, 0.15) is 59.3 Å². The van der Waals surface area contributed by atoms with Gasteiger partial charge in [-0.05, 0) is 38.3 Å². The Kier molecular flexibility index (Phi) is 14.8. The third-order valence-corrected chi connectivity index (χ3v) is 4.22. The first kappa shape index (κ1) is 24.2. The SMILES string of the molecule is CCCCC(CN)NC(=O)C(C(C)C)N1CCCCC1.Cl.Cl. The van der Waals surface area contributed by atoms with Gasteiger partial charge >= 0.3 is 0 Å². The van der Waals surface area contributed by atoms with E-state index in [-0.39, 0.29) is 42.8 Å². The Morgan fingerprint density at radius 3 is 2.23 bits per heavy atom. The van der Waals surface area contributed by atoms with Gasteiger partial charge in [-0.25, -0.2) is 0 Å². The number of carbonyl (C=O) groups is 1. The number of likely N-dealkylation sites (tertiary alicyclic amines) is 1. The molecule has 0 saturated carbocycles. The van der Waals surface area contributed by atoms with E-state index >= 15 is 0 Å². The van der Waals surface area contributed by atoms with Gasteiger partial charge in [0, 0.05) is 12.6 Å². The number of nitrogens with one attached hydrogen (secondary N) is 1. The molecular formula is C16H35Cl2N3O. The zero-order chi connectivity index (χ0) is 15.0. The molecule has 1 amide bonds. The predicted octanol–water partition coefficient (Wildman–Crippen LogP) is 2.97. The second-order valence-corrected chi connectivity index (χ2v) is 6.37. The van der Waals surface area contributed by atoms with Crippen LogP contribution in [0, 0.1) is 5.92 Å². The highest BCUT2D eigenvalue weighted by Gasteiger charge is 2.30. The molecule has 134 valence electrons. The second kappa shape index (κ2) is 13.4. The molecule has 0 aromatic carbocycles. The van der Waals surface area contributed by atoms with E-state index in [1.54, 1.807) is 0 Å². The molecule has 3 N–H and O–H groups in total. The Morgan fingerprint density at radius 2 is 1.77 bits per heavy atom. The zero-order valence-electron chi connectivity index (χ0n) is 14.3. The maximum Gasteiger partial charge on any atom is 0.237 e. The fraction of sp³-hybridized carbons (Fsp3) is 0.938. The van der Waals surface area contributed by atoms with E-state index in [9.17, 15) is 4.79 Å². The van der Waals surface area contributed by atoms with Crippen molar-refractivity contribution in [1.82, 2.24) is 10.2 Å². The van der Waals surface area contributed by atoms with Crippen LogP contribution >= 0.6 is 24.8 Å². The van der Waals surface area contributed by atoms with Crippen LogP contribution in [0.5, 0.6) is 0 Å². The number of piperidine rings is 1. The van der Waals surface area contributed by atoms with Crippen molar-refractivity contribution < 1.29 is 4.79 Å².